The van der Waals surface area contributed by atoms with Crippen LogP contribution in [0.3, 0.4) is 0 Å². The van der Waals surface area contributed by atoms with Gasteiger partial charge in [0.05, 0.1) is 29.9 Å². The van der Waals surface area contributed by atoms with Crippen LogP contribution in [0.1, 0.15) is 23.6 Å². The Labute approximate surface area is 149 Å². The smallest absolute Gasteiger partial charge is 0.407 e. The van der Waals surface area contributed by atoms with E-state index in [9.17, 15) is 20.4 Å². The van der Waals surface area contributed by atoms with Crippen molar-refractivity contribution in [1.82, 2.24) is 9.88 Å². The van der Waals surface area contributed by atoms with Crippen LogP contribution in [0.4, 0.5) is 10.6 Å². The van der Waals surface area contributed by atoms with Gasteiger partial charge in [0, 0.05) is 19.6 Å². The second-order valence-electron chi connectivity index (χ2n) is 5.89. The van der Waals surface area contributed by atoms with Crippen LogP contribution >= 0.6 is 11.6 Å². The lowest BCUT2D eigenvalue weighted by atomic mass is 10.0. The van der Waals surface area contributed by atoms with Crippen molar-refractivity contribution in [2.75, 3.05) is 31.1 Å². The van der Waals surface area contributed by atoms with Crippen molar-refractivity contribution >= 4 is 23.5 Å². The van der Waals surface area contributed by atoms with E-state index < -0.39 is 6.09 Å². The molecule has 2 fully saturated rings. The minimum absolute atomic E-state index is 0.0548. The van der Waals surface area contributed by atoms with Gasteiger partial charge < -0.3 is 14.7 Å². The van der Waals surface area contributed by atoms with Gasteiger partial charge in [-0.2, -0.15) is 10.5 Å². The molecule has 1 aromatic heterocycles. The van der Waals surface area contributed by atoms with Gasteiger partial charge in [-0.3, -0.25) is 4.90 Å². The Bertz CT molecular complexity index is 800. The number of anilines is 1. The summed E-state index contributed by atoms with van der Waals surface area (Å²) in [5.74, 6) is 0.381. The van der Waals surface area contributed by atoms with Gasteiger partial charge in [0.15, 0.2) is 0 Å². The average Bonchev–Trinajstić information content (AvgIpc) is 3.04. The van der Waals surface area contributed by atoms with E-state index in [1.807, 2.05) is 17.9 Å². The van der Waals surface area contributed by atoms with Crippen molar-refractivity contribution in [2.45, 2.75) is 25.5 Å². The highest BCUT2D eigenvalue weighted by Gasteiger charge is 2.43. The number of carboxylic acid groups (broad SMARTS) is 1. The van der Waals surface area contributed by atoms with Gasteiger partial charge in [0.1, 0.15) is 23.1 Å². The zero-order chi connectivity index (χ0) is 18.1. The number of hydrogen-bond acceptors (Lipinski definition) is 6. The fourth-order valence-electron chi connectivity index (χ4n) is 3.50. The van der Waals surface area contributed by atoms with Crippen LogP contribution in [0, 0.1) is 22.7 Å². The highest BCUT2D eigenvalue weighted by Crippen LogP contribution is 2.33. The molecule has 130 valence electrons. The highest BCUT2D eigenvalue weighted by molar-refractivity contribution is 6.30. The fraction of sp³-hybridized carbons (Fsp3) is 0.500. The molecule has 8 nitrogen and oxygen atoms in total. The van der Waals surface area contributed by atoms with Crippen LogP contribution < -0.4 is 4.90 Å². The molecule has 0 saturated carbocycles. The molecule has 0 aliphatic carbocycles. The molecule has 2 atom stereocenters. The molecular weight excluding hydrogens is 346 g/mol. The molecule has 25 heavy (non-hydrogen) atoms. The van der Waals surface area contributed by atoms with Crippen LogP contribution in [-0.4, -0.2) is 59.5 Å². The lowest BCUT2D eigenvalue weighted by molar-refractivity contribution is -0.0376. The fourth-order valence-corrected chi connectivity index (χ4v) is 3.74. The second kappa shape index (κ2) is 6.75. The Morgan fingerprint density at radius 3 is 2.72 bits per heavy atom. The second-order valence-corrected chi connectivity index (χ2v) is 6.25. The summed E-state index contributed by atoms with van der Waals surface area (Å²) in [5.41, 5.74) is 1.08. The number of aromatic nitrogens is 1. The Morgan fingerprint density at radius 2 is 2.12 bits per heavy atom. The third kappa shape index (κ3) is 2.84. The van der Waals surface area contributed by atoms with E-state index in [0.29, 0.717) is 49.6 Å². The first-order valence-electron chi connectivity index (χ1n) is 7.90. The quantitative estimate of drug-likeness (QED) is 0.796. The zero-order valence-electron chi connectivity index (χ0n) is 13.6. The van der Waals surface area contributed by atoms with Crippen molar-refractivity contribution in [2.24, 2.45) is 0 Å². The molecular formula is C16H16ClN5O3. The summed E-state index contributed by atoms with van der Waals surface area (Å²) in [4.78, 5) is 18.9. The third-order valence-corrected chi connectivity index (χ3v) is 4.93. The standard InChI is InChI=1S/C16H16ClN5O3/c1-2-9-10(5-18)14(17)20-15(11(9)6-19)21-7-12-13(8-21)25-4-3-22(12)16(23)24/h12-13H,2-4,7-8H2,1H3,(H,23,24). The van der Waals surface area contributed by atoms with E-state index in [2.05, 4.69) is 11.1 Å². The lowest BCUT2D eigenvalue weighted by Gasteiger charge is -2.34. The van der Waals surface area contributed by atoms with Crippen LogP contribution in [0.2, 0.25) is 5.15 Å². The van der Waals surface area contributed by atoms with Crippen LogP contribution in [0.25, 0.3) is 0 Å². The molecule has 0 radical (unpaired) electrons. The van der Waals surface area contributed by atoms with Gasteiger partial charge in [-0.1, -0.05) is 18.5 Å². The predicted molar refractivity (Wildman–Crippen MR) is 88.5 cm³/mol. The van der Waals surface area contributed by atoms with Gasteiger partial charge in [-0.15, -0.1) is 0 Å². The van der Waals surface area contributed by atoms with Crippen molar-refractivity contribution in [3.8, 4) is 12.1 Å². The summed E-state index contributed by atoms with van der Waals surface area (Å²) in [6, 6.07) is 3.81. The van der Waals surface area contributed by atoms with Crippen LogP contribution in [0.15, 0.2) is 0 Å². The third-order valence-electron chi connectivity index (χ3n) is 4.66. The molecule has 2 saturated heterocycles. The van der Waals surface area contributed by atoms with E-state index in [4.69, 9.17) is 16.3 Å². The number of pyridine rings is 1. The SMILES string of the molecule is CCc1c(C#N)c(Cl)nc(N2CC3OCCN(C(=O)O)C3C2)c1C#N. The minimum Gasteiger partial charge on any atom is -0.465 e. The maximum Gasteiger partial charge on any atom is 0.407 e. The van der Waals surface area contributed by atoms with E-state index in [0.717, 1.165) is 0 Å². The highest BCUT2D eigenvalue weighted by atomic mass is 35.5. The molecule has 2 unspecified atom stereocenters. The molecule has 3 rings (SSSR count). The summed E-state index contributed by atoms with van der Waals surface area (Å²) < 4.78 is 5.70. The number of morpholine rings is 1. The number of nitriles is 2. The molecule has 2 aliphatic rings. The molecule has 0 bridgehead atoms. The van der Waals surface area contributed by atoms with Gasteiger partial charge >= 0.3 is 6.09 Å². The van der Waals surface area contributed by atoms with E-state index >= 15 is 0 Å². The number of fused-ring (bicyclic) bond motifs is 1. The predicted octanol–water partition coefficient (Wildman–Crippen LogP) is 1.61. The first-order chi connectivity index (χ1) is 12.0. The number of rotatable bonds is 2. The molecule has 2 aliphatic heterocycles. The summed E-state index contributed by atoms with van der Waals surface area (Å²) in [5, 5.41) is 28.3. The number of amides is 1. The van der Waals surface area contributed by atoms with E-state index in [1.54, 1.807) is 0 Å². The maximum absolute atomic E-state index is 11.4. The first-order valence-corrected chi connectivity index (χ1v) is 8.28. The molecule has 1 amide bonds. The summed E-state index contributed by atoms with van der Waals surface area (Å²) >= 11 is 6.15. The van der Waals surface area contributed by atoms with Gasteiger partial charge in [0.25, 0.3) is 0 Å². The summed E-state index contributed by atoms with van der Waals surface area (Å²) in [6.07, 6.45) is -0.794. The van der Waals surface area contributed by atoms with Gasteiger partial charge in [-0.05, 0) is 12.0 Å². The van der Waals surface area contributed by atoms with Crippen molar-refractivity contribution < 1.29 is 14.6 Å². The normalized spacial score (nSPS) is 22.2. The minimum atomic E-state index is -0.985. The molecule has 1 aromatic rings. The average molecular weight is 362 g/mol. The summed E-state index contributed by atoms with van der Waals surface area (Å²) in [6.45, 7) is 3.28. The van der Waals surface area contributed by atoms with Crippen LogP contribution in [0.5, 0.6) is 0 Å². The van der Waals surface area contributed by atoms with Crippen molar-refractivity contribution in [3.05, 3.63) is 21.8 Å². The Kier molecular flexibility index (Phi) is 4.67. The topological polar surface area (TPSA) is 113 Å². The van der Waals surface area contributed by atoms with Crippen molar-refractivity contribution in [3.63, 3.8) is 0 Å². The molecule has 1 N–H and O–H groups in total. The van der Waals surface area contributed by atoms with E-state index in [1.165, 1.54) is 4.90 Å². The van der Waals surface area contributed by atoms with Gasteiger partial charge in [0.2, 0.25) is 0 Å². The zero-order valence-corrected chi connectivity index (χ0v) is 14.3. The largest absolute Gasteiger partial charge is 0.465 e. The van der Waals surface area contributed by atoms with Crippen LogP contribution in [-0.2, 0) is 11.2 Å². The molecule has 0 aromatic carbocycles. The maximum atomic E-state index is 11.4. The van der Waals surface area contributed by atoms with Crippen molar-refractivity contribution in [1.29, 1.82) is 10.5 Å². The molecule has 9 heteroatoms. The number of nitrogens with zero attached hydrogens (tertiary/aromatic N) is 5. The Balaban J connectivity index is 2.01. The Morgan fingerprint density at radius 1 is 1.40 bits per heavy atom. The molecule has 0 spiro atoms. The Hall–Kier alpha value is -2.55. The molecule has 3 heterocycles. The number of halogens is 1. The number of ether oxygens (including phenoxy) is 1. The monoisotopic (exact) mass is 361 g/mol. The summed E-state index contributed by atoms with van der Waals surface area (Å²) in [7, 11) is 0. The van der Waals surface area contributed by atoms with Gasteiger partial charge in [-0.25, -0.2) is 9.78 Å². The van der Waals surface area contributed by atoms with E-state index in [-0.39, 0.29) is 22.9 Å². The first kappa shape index (κ1) is 17.3. The number of hydrogen-bond donors (Lipinski definition) is 1. The number of carbonyl (C=O) groups is 1. The lowest BCUT2D eigenvalue weighted by Crippen LogP contribution is -2.52.